The highest BCUT2D eigenvalue weighted by Gasteiger charge is 2.06. The molecular weight excluding hydrogens is 190 g/mol. The van der Waals surface area contributed by atoms with Gasteiger partial charge in [0.25, 0.3) is 5.56 Å². The van der Waals surface area contributed by atoms with E-state index in [1.165, 1.54) is 0 Å². The summed E-state index contributed by atoms with van der Waals surface area (Å²) < 4.78 is 1.59. The molecule has 0 radical (unpaired) electrons. The van der Waals surface area contributed by atoms with Gasteiger partial charge in [-0.15, -0.1) is 0 Å². The molecule has 2 N–H and O–H groups in total. The summed E-state index contributed by atoms with van der Waals surface area (Å²) in [6, 6.07) is 5.83. The molecule has 0 saturated carbocycles. The fourth-order valence-corrected chi connectivity index (χ4v) is 1.63. The van der Waals surface area contributed by atoms with Crippen LogP contribution in [0.2, 0.25) is 0 Å². The zero-order valence-electron chi connectivity index (χ0n) is 8.82. The summed E-state index contributed by atoms with van der Waals surface area (Å²) in [4.78, 5) is 16.0. The molecule has 0 aliphatic rings. The van der Waals surface area contributed by atoms with Crippen molar-refractivity contribution in [2.75, 3.05) is 0 Å². The number of benzene rings is 1. The van der Waals surface area contributed by atoms with Gasteiger partial charge < -0.3 is 10.3 Å². The number of nitrogens with zero attached hydrogens (tertiary/aromatic N) is 2. The average molecular weight is 203 g/mol. The quantitative estimate of drug-likeness (QED) is 0.742. The van der Waals surface area contributed by atoms with Gasteiger partial charge in [0.1, 0.15) is 5.69 Å². The minimum Gasteiger partial charge on any atom is -0.325 e. The predicted octanol–water partition coefficient (Wildman–Crippen LogP) is 0.701. The lowest BCUT2D eigenvalue weighted by Gasteiger charge is -2.07. The van der Waals surface area contributed by atoms with Crippen LogP contribution in [0.15, 0.2) is 23.0 Å². The maximum atomic E-state index is 11.7. The highest BCUT2D eigenvalue weighted by atomic mass is 16.1. The van der Waals surface area contributed by atoms with Crippen molar-refractivity contribution in [1.29, 1.82) is 0 Å². The summed E-state index contributed by atoms with van der Waals surface area (Å²) in [7, 11) is 1.74. The molecule has 4 heteroatoms. The summed E-state index contributed by atoms with van der Waals surface area (Å²) in [6.07, 6.45) is 0. The second-order valence-corrected chi connectivity index (χ2v) is 3.62. The largest absolute Gasteiger partial charge is 0.325 e. The molecule has 0 bridgehead atoms. The Morgan fingerprint density at radius 2 is 2.20 bits per heavy atom. The molecule has 0 atom stereocenters. The van der Waals surface area contributed by atoms with Crippen LogP contribution in [0, 0.1) is 6.92 Å². The van der Waals surface area contributed by atoms with Gasteiger partial charge in [-0.05, 0) is 24.6 Å². The smallest absolute Gasteiger partial charge is 0.273 e. The van der Waals surface area contributed by atoms with Crippen molar-refractivity contribution in [1.82, 2.24) is 9.55 Å². The average Bonchev–Trinajstić information content (AvgIpc) is 2.24. The van der Waals surface area contributed by atoms with E-state index in [1.54, 1.807) is 11.6 Å². The first-order valence-corrected chi connectivity index (χ1v) is 4.80. The second kappa shape index (κ2) is 3.47. The number of hydrogen-bond donors (Lipinski definition) is 1. The molecule has 0 spiro atoms. The maximum Gasteiger partial charge on any atom is 0.273 e. The van der Waals surface area contributed by atoms with Gasteiger partial charge in [0.05, 0.1) is 11.0 Å². The molecule has 0 saturated heterocycles. The molecule has 1 heterocycles. The number of fused-ring (bicyclic) bond motifs is 1. The van der Waals surface area contributed by atoms with Crippen LogP contribution in [0.5, 0.6) is 0 Å². The standard InChI is InChI=1S/C11H13N3O/c1-7-3-4-8-10(5-7)14(2)11(15)9(6-12)13-8/h3-5H,6,12H2,1-2H3. The minimum absolute atomic E-state index is 0.115. The number of nitrogens with two attached hydrogens (primary N) is 1. The SMILES string of the molecule is Cc1ccc2nc(CN)c(=O)n(C)c2c1. The summed E-state index contributed by atoms with van der Waals surface area (Å²) >= 11 is 0. The summed E-state index contributed by atoms with van der Waals surface area (Å²) in [5.74, 6) is 0. The Morgan fingerprint density at radius 1 is 1.47 bits per heavy atom. The lowest BCUT2D eigenvalue weighted by molar-refractivity contribution is 0.838. The molecule has 1 aromatic carbocycles. The van der Waals surface area contributed by atoms with Gasteiger partial charge in [-0.3, -0.25) is 4.79 Å². The van der Waals surface area contributed by atoms with Crippen LogP contribution in [0.3, 0.4) is 0 Å². The fourth-order valence-electron chi connectivity index (χ4n) is 1.63. The van der Waals surface area contributed by atoms with E-state index in [4.69, 9.17) is 5.73 Å². The number of aromatic nitrogens is 2. The van der Waals surface area contributed by atoms with Crippen LogP contribution in [0.25, 0.3) is 11.0 Å². The Kier molecular flexibility index (Phi) is 2.28. The highest BCUT2D eigenvalue weighted by molar-refractivity contribution is 5.75. The molecule has 2 aromatic rings. The van der Waals surface area contributed by atoms with Crippen molar-refractivity contribution >= 4 is 11.0 Å². The maximum absolute atomic E-state index is 11.7. The molecule has 0 unspecified atom stereocenters. The first kappa shape index (κ1) is 9.86. The van der Waals surface area contributed by atoms with E-state index < -0.39 is 0 Å². The Morgan fingerprint density at radius 3 is 2.87 bits per heavy atom. The van der Waals surface area contributed by atoms with Crippen molar-refractivity contribution in [3.8, 4) is 0 Å². The lowest BCUT2D eigenvalue weighted by Crippen LogP contribution is -2.25. The van der Waals surface area contributed by atoms with Gasteiger partial charge in [-0.1, -0.05) is 6.07 Å². The van der Waals surface area contributed by atoms with E-state index in [0.29, 0.717) is 5.69 Å². The van der Waals surface area contributed by atoms with Crippen molar-refractivity contribution in [3.63, 3.8) is 0 Å². The molecule has 0 fully saturated rings. The first-order chi connectivity index (χ1) is 7.13. The molecule has 4 nitrogen and oxygen atoms in total. The fraction of sp³-hybridized carbons (Fsp3) is 0.273. The van der Waals surface area contributed by atoms with Crippen molar-refractivity contribution < 1.29 is 0 Å². The predicted molar refractivity (Wildman–Crippen MR) is 59.6 cm³/mol. The third kappa shape index (κ3) is 1.53. The summed E-state index contributed by atoms with van der Waals surface area (Å²) in [6.45, 7) is 2.16. The van der Waals surface area contributed by atoms with Crippen LogP contribution >= 0.6 is 0 Å². The molecule has 0 amide bonds. The van der Waals surface area contributed by atoms with Gasteiger partial charge >= 0.3 is 0 Å². The Labute approximate surface area is 87.4 Å². The van der Waals surface area contributed by atoms with Crippen molar-refractivity contribution in [3.05, 3.63) is 39.8 Å². The van der Waals surface area contributed by atoms with Crippen LogP contribution in [-0.2, 0) is 13.6 Å². The van der Waals surface area contributed by atoms with Crippen LogP contribution in [0.1, 0.15) is 11.3 Å². The van der Waals surface area contributed by atoms with E-state index in [9.17, 15) is 4.79 Å². The van der Waals surface area contributed by atoms with Gasteiger partial charge in [-0.25, -0.2) is 4.98 Å². The summed E-state index contributed by atoms with van der Waals surface area (Å²) in [5, 5.41) is 0. The topological polar surface area (TPSA) is 60.9 Å². The van der Waals surface area contributed by atoms with Crippen LogP contribution in [-0.4, -0.2) is 9.55 Å². The van der Waals surface area contributed by atoms with E-state index >= 15 is 0 Å². The number of aryl methyl sites for hydroxylation is 2. The normalized spacial score (nSPS) is 10.9. The zero-order valence-corrected chi connectivity index (χ0v) is 8.82. The number of hydrogen-bond acceptors (Lipinski definition) is 3. The second-order valence-electron chi connectivity index (χ2n) is 3.62. The van der Waals surface area contributed by atoms with Crippen molar-refractivity contribution in [2.45, 2.75) is 13.5 Å². The van der Waals surface area contributed by atoms with E-state index in [0.717, 1.165) is 16.6 Å². The summed E-state index contributed by atoms with van der Waals surface area (Å²) in [5.41, 5.74) is 8.52. The Bertz CT molecular complexity index is 572. The van der Waals surface area contributed by atoms with Gasteiger partial charge in [-0.2, -0.15) is 0 Å². The van der Waals surface area contributed by atoms with Gasteiger partial charge in [0.2, 0.25) is 0 Å². The molecule has 15 heavy (non-hydrogen) atoms. The van der Waals surface area contributed by atoms with E-state index in [1.807, 2.05) is 25.1 Å². The van der Waals surface area contributed by atoms with Crippen LogP contribution in [0.4, 0.5) is 0 Å². The molecule has 0 aliphatic carbocycles. The third-order valence-electron chi connectivity index (χ3n) is 2.49. The lowest BCUT2D eigenvalue weighted by atomic mass is 10.2. The molecular formula is C11H13N3O. The van der Waals surface area contributed by atoms with Crippen LogP contribution < -0.4 is 11.3 Å². The van der Waals surface area contributed by atoms with E-state index in [2.05, 4.69) is 4.98 Å². The third-order valence-corrected chi connectivity index (χ3v) is 2.49. The number of rotatable bonds is 1. The Balaban J connectivity index is 2.91. The minimum atomic E-state index is -0.115. The van der Waals surface area contributed by atoms with Gasteiger partial charge in [0, 0.05) is 13.6 Å². The molecule has 1 aromatic heterocycles. The zero-order chi connectivity index (χ0) is 11.0. The first-order valence-electron chi connectivity index (χ1n) is 4.80. The molecule has 78 valence electrons. The monoisotopic (exact) mass is 203 g/mol. The van der Waals surface area contributed by atoms with Gasteiger partial charge in [0.15, 0.2) is 0 Å². The van der Waals surface area contributed by atoms with Crippen molar-refractivity contribution in [2.24, 2.45) is 12.8 Å². The molecule has 0 aliphatic heterocycles. The molecule has 2 rings (SSSR count). The highest BCUT2D eigenvalue weighted by Crippen LogP contribution is 2.11. The Hall–Kier alpha value is -1.68. The van der Waals surface area contributed by atoms with E-state index in [-0.39, 0.29) is 12.1 Å².